The highest BCUT2D eigenvalue weighted by Gasteiger charge is 2.35. The van der Waals surface area contributed by atoms with Crippen LogP contribution >= 0.6 is 0 Å². The van der Waals surface area contributed by atoms with E-state index in [1.54, 1.807) is 25.1 Å². The molecule has 2 aliphatic heterocycles. The van der Waals surface area contributed by atoms with Crippen molar-refractivity contribution < 1.29 is 23.0 Å². The number of ether oxygens (including phenoxy) is 2. The van der Waals surface area contributed by atoms with Crippen LogP contribution in [0.25, 0.3) is 11.0 Å². The average Bonchev–Trinajstić information content (AvgIpc) is 3.10. The van der Waals surface area contributed by atoms with E-state index in [1.165, 1.54) is 24.7 Å². The average molecular weight is 589 g/mol. The van der Waals surface area contributed by atoms with Crippen LogP contribution in [0.5, 0.6) is 17.2 Å². The summed E-state index contributed by atoms with van der Waals surface area (Å²) in [6.45, 7) is 4.42. The van der Waals surface area contributed by atoms with Crippen molar-refractivity contribution in [1.82, 2.24) is 29.7 Å². The molecule has 6 rings (SSSR count). The lowest BCUT2D eigenvalue weighted by Gasteiger charge is -2.39. The first-order chi connectivity index (χ1) is 20.7. The molecule has 3 aromatic heterocycles. The SMILES string of the molecule is Cc1cc(Nc2ncnc3cc4c(nc23)N2CCN(C(=O)/C=C/CN(C)C)[C@@H](CO4)C2)c(F)cc1Oc1cncc(F)c1. The molecule has 1 fully saturated rings. The van der Waals surface area contributed by atoms with E-state index in [0.29, 0.717) is 66.8 Å². The molecular weight excluding hydrogens is 558 g/mol. The van der Waals surface area contributed by atoms with Gasteiger partial charge in [-0.3, -0.25) is 9.78 Å². The number of hydrogen-bond acceptors (Lipinski definition) is 10. The van der Waals surface area contributed by atoms with Crippen molar-refractivity contribution >= 4 is 34.3 Å². The fourth-order valence-electron chi connectivity index (χ4n) is 5.08. The van der Waals surface area contributed by atoms with E-state index in [0.717, 1.165) is 6.20 Å². The number of hydrogen-bond donors (Lipinski definition) is 1. The lowest BCUT2D eigenvalue weighted by molar-refractivity contribution is -0.129. The van der Waals surface area contributed by atoms with Crippen LogP contribution in [-0.4, -0.2) is 88.6 Å². The normalized spacial score (nSPS) is 16.3. The van der Waals surface area contributed by atoms with Gasteiger partial charge in [0.05, 0.1) is 29.6 Å². The molecule has 13 heteroatoms. The Hall–Kier alpha value is -4.91. The molecule has 2 aliphatic rings. The highest BCUT2D eigenvalue weighted by atomic mass is 19.1. The standard InChI is InChI=1S/C30H30F2N8O3/c1-18-9-23(22(32)11-25(18)43-21-10-19(31)13-33-14-21)36-29-28-24(34-17-35-29)12-26-30(37-28)39-7-8-40(20(15-39)16-42-26)27(41)5-4-6-38(2)3/h4-5,9-14,17,20H,6-8,15-16H2,1-3H3,(H,34,35,36)/b5-4+/t20-/m1/s1. The van der Waals surface area contributed by atoms with Crippen LogP contribution in [0.4, 0.5) is 26.1 Å². The summed E-state index contributed by atoms with van der Waals surface area (Å²) in [4.78, 5) is 36.2. The summed E-state index contributed by atoms with van der Waals surface area (Å²) in [5.74, 6) is 0.679. The first-order valence-electron chi connectivity index (χ1n) is 13.8. The number of carbonyl (C=O) groups excluding carboxylic acids is 1. The molecule has 1 N–H and O–H groups in total. The Labute approximate surface area is 246 Å². The Morgan fingerprint density at radius 3 is 2.86 bits per heavy atom. The molecule has 5 heterocycles. The number of carbonyl (C=O) groups is 1. The molecule has 1 aromatic carbocycles. The van der Waals surface area contributed by atoms with Crippen molar-refractivity contribution in [2.45, 2.75) is 13.0 Å². The molecule has 2 bridgehead atoms. The predicted octanol–water partition coefficient (Wildman–Crippen LogP) is 4.07. The number of aromatic nitrogens is 4. The van der Waals surface area contributed by atoms with Gasteiger partial charge in [0.15, 0.2) is 17.4 Å². The van der Waals surface area contributed by atoms with Crippen molar-refractivity contribution in [3.05, 3.63) is 72.3 Å². The lowest BCUT2D eigenvalue weighted by Crippen LogP contribution is -2.56. The highest BCUT2D eigenvalue weighted by molar-refractivity contribution is 5.91. The molecule has 0 saturated carbocycles. The fraction of sp³-hybridized carbons (Fsp3) is 0.300. The van der Waals surface area contributed by atoms with Crippen LogP contribution < -0.4 is 19.7 Å². The van der Waals surface area contributed by atoms with Crippen LogP contribution in [0.1, 0.15) is 5.56 Å². The zero-order chi connectivity index (χ0) is 30.1. The molecule has 0 unspecified atom stereocenters. The van der Waals surface area contributed by atoms with Gasteiger partial charge < -0.3 is 29.5 Å². The van der Waals surface area contributed by atoms with E-state index in [4.69, 9.17) is 14.5 Å². The van der Waals surface area contributed by atoms with Gasteiger partial charge in [0.2, 0.25) is 5.91 Å². The summed E-state index contributed by atoms with van der Waals surface area (Å²) in [7, 11) is 3.90. The van der Waals surface area contributed by atoms with Gasteiger partial charge in [-0.15, -0.1) is 0 Å². The van der Waals surface area contributed by atoms with Crippen molar-refractivity contribution in [3.8, 4) is 17.2 Å². The van der Waals surface area contributed by atoms with E-state index in [2.05, 4.69) is 25.2 Å². The van der Waals surface area contributed by atoms with E-state index in [9.17, 15) is 9.18 Å². The Bertz CT molecular complexity index is 1720. The zero-order valence-electron chi connectivity index (χ0n) is 23.9. The van der Waals surface area contributed by atoms with Crippen molar-refractivity contribution in [1.29, 1.82) is 0 Å². The van der Waals surface area contributed by atoms with Crippen molar-refractivity contribution in [2.75, 3.05) is 57.1 Å². The number of nitrogens with zero attached hydrogens (tertiary/aromatic N) is 7. The quantitative estimate of drug-likeness (QED) is 0.318. The monoisotopic (exact) mass is 588 g/mol. The number of aryl methyl sites for hydroxylation is 1. The van der Waals surface area contributed by atoms with Crippen molar-refractivity contribution in [3.63, 3.8) is 0 Å². The number of likely N-dealkylation sites (N-methyl/N-ethyl adjacent to an activating group) is 1. The van der Waals surface area contributed by atoms with E-state index >= 15 is 4.39 Å². The number of pyridine rings is 2. The smallest absolute Gasteiger partial charge is 0.246 e. The first-order valence-corrected chi connectivity index (χ1v) is 13.8. The molecule has 0 aliphatic carbocycles. The second-order valence-electron chi connectivity index (χ2n) is 10.7. The van der Waals surface area contributed by atoms with Gasteiger partial charge in [0.25, 0.3) is 0 Å². The molecule has 1 saturated heterocycles. The van der Waals surface area contributed by atoms with Gasteiger partial charge in [0.1, 0.15) is 41.6 Å². The third kappa shape index (κ3) is 6.02. The minimum absolute atomic E-state index is 0.0436. The molecule has 222 valence electrons. The minimum Gasteiger partial charge on any atom is -0.487 e. The van der Waals surface area contributed by atoms with Gasteiger partial charge in [-0.1, -0.05) is 6.08 Å². The topological polar surface area (TPSA) is 109 Å². The van der Waals surface area contributed by atoms with Gasteiger partial charge >= 0.3 is 0 Å². The summed E-state index contributed by atoms with van der Waals surface area (Å²) < 4.78 is 40.6. The van der Waals surface area contributed by atoms with Crippen LogP contribution in [0.15, 0.2) is 55.1 Å². The molecule has 1 amide bonds. The number of benzene rings is 1. The Morgan fingerprint density at radius 1 is 1.19 bits per heavy atom. The van der Waals surface area contributed by atoms with Crippen LogP contribution in [0.2, 0.25) is 0 Å². The second-order valence-corrected chi connectivity index (χ2v) is 10.7. The number of rotatable bonds is 7. The first kappa shape index (κ1) is 28.2. The van der Waals surface area contributed by atoms with Crippen LogP contribution in [0, 0.1) is 18.6 Å². The third-order valence-corrected chi connectivity index (χ3v) is 7.21. The number of piperazine rings is 1. The summed E-state index contributed by atoms with van der Waals surface area (Å²) in [5.41, 5.74) is 1.72. The zero-order valence-corrected chi connectivity index (χ0v) is 23.9. The molecule has 1 atom stereocenters. The van der Waals surface area contributed by atoms with E-state index in [-0.39, 0.29) is 29.1 Å². The molecule has 4 aromatic rings. The molecule has 0 spiro atoms. The third-order valence-electron chi connectivity index (χ3n) is 7.21. The number of halogens is 2. The van der Waals surface area contributed by atoms with Crippen LogP contribution in [-0.2, 0) is 4.79 Å². The van der Waals surface area contributed by atoms with E-state index < -0.39 is 11.6 Å². The minimum atomic E-state index is -0.599. The fourth-order valence-corrected chi connectivity index (χ4v) is 5.08. The number of anilines is 3. The number of amides is 1. The second kappa shape index (κ2) is 11.8. The molecule has 11 nitrogen and oxygen atoms in total. The highest BCUT2D eigenvalue weighted by Crippen LogP contribution is 2.37. The predicted molar refractivity (Wildman–Crippen MR) is 157 cm³/mol. The molecule has 0 radical (unpaired) electrons. The maximum Gasteiger partial charge on any atom is 0.246 e. The van der Waals surface area contributed by atoms with Gasteiger partial charge in [-0.2, -0.15) is 0 Å². The van der Waals surface area contributed by atoms with Gasteiger partial charge in [0, 0.05) is 50.5 Å². The molecular formula is C30H30F2N8O3. The van der Waals surface area contributed by atoms with Crippen LogP contribution in [0.3, 0.4) is 0 Å². The maximum absolute atomic E-state index is 15.2. The Balaban J connectivity index is 1.24. The Kier molecular flexibility index (Phi) is 7.72. The number of nitrogens with one attached hydrogen (secondary N) is 1. The maximum atomic E-state index is 15.2. The lowest BCUT2D eigenvalue weighted by atomic mass is 10.1. The van der Waals surface area contributed by atoms with Gasteiger partial charge in [-0.25, -0.2) is 23.7 Å². The molecule has 43 heavy (non-hydrogen) atoms. The Morgan fingerprint density at radius 2 is 2.05 bits per heavy atom. The van der Waals surface area contributed by atoms with Gasteiger partial charge in [-0.05, 0) is 32.6 Å². The summed E-state index contributed by atoms with van der Waals surface area (Å²) in [6.07, 6.45) is 7.25. The van der Waals surface area contributed by atoms with Crippen molar-refractivity contribution in [2.24, 2.45) is 0 Å². The summed E-state index contributed by atoms with van der Waals surface area (Å²) >= 11 is 0. The summed E-state index contributed by atoms with van der Waals surface area (Å²) in [6, 6.07) is 5.61. The van der Waals surface area contributed by atoms with E-state index in [1.807, 2.05) is 30.0 Å². The largest absolute Gasteiger partial charge is 0.487 e. The summed E-state index contributed by atoms with van der Waals surface area (Å²) in [5, 5.41) is 3.04. The number of fused-ring (bicyclic) bond motifs is 5.